The molecule has 0 radical (unpaired) electrons. The van der Waals surface area contributed by atoms with Crippen molar-refractivity contribution in [3.05, 3.63) is 0 Å². The first-order valence-electron chi connectivity index (χ1n) is 6.06. The molecular weight excluding hydrogens is 258 g/mol. The molecule has 106 valence electrons. The van der Waals surface area contributed by atoms with E-state index in [2.05, 4.69) is 10.1 Å². The number of ether oxygens (including phenoxy) is 1. The maximum Gasteiger partial charge on any atom is 0.421 e. The third-order valence-electron chi connectivity index (χ3n) is 2.95. The Balaban J connectivity index is 2.60. The van der Waals surface area contributed by atoms with Gasteiger partial charge in [0, 0.05) is 13.1 Å². The van der Waals surface area contributed by atoms with Gasteiger partial charge >= 0.3 is 16.3 Å². The molecule has 0 aromatic carbocycles. The number of hydrogen-bond acceptors (Lipinski definition) is 5. The monoisotopic (exact) mass is 279 g/mol. The summed E-state index contributed by atoms with van der Waals surface area (Å²) in [4.78, 5) is 11.0. The number of carbonyl (C=O) groups is 1. The number of carbonyl (C=O) groups excluding carboxylic acids is 1. The van der Waals surface area contributed by atoms with E-state index in [1.165, 1.54) is 4.31 Å². The molecule has 1 aliphatic rings. The van der Waals surface area contributed by atoms with Gasteiger partial charge in [0.25, 0.3) is 0 Å². The summed E-state index contributed by atoms with van der Waals surface area (Å²) in [5.41, 5.74) is 0. The van der Waals surface area contributed by atoms with Gasteiger partial charge in [0.2, 0.25) is 0 Å². The summed E-state index contributed by atoms with van der Waals surface area (Å²) in [5, 5.41) is 3.23. The van der Waals surface area contributed by atoms with Crippen molar-refractivity contribution in [2.24, 2.45) is 5.92 Å². The lowest BCUT2D eigenvalue weighted by Crippen LogP contribution is -2.47. The molecular formula is C10H21N3O4S. The Morgan fingerprint density at radius 3 is 2.78 bits per heavy atom. The summed E-state index contributed by atoms with van der Waals surface area (Å²) in [5.74, 6) is 0.285. The second-order valence-electron chi connectivity index (χ2n) is 4.26. The summed E-state index contributed by atoms with van der Waals surface area (Å²) in [6.45, 7) is 4.27. The number of nitrogens with one attached hydrogen (secondary N) is 2. The largest absolute Gasteiger partial charge is 0.452 e. The average Bonchev–Trinajstić information content (AvgIpc) is 2.36. The van der Waals surface area contributed by atoms with Gasteiger partial charge in [-0.15, -0.1) is 0 Å². The third kappa shape index (κ3) is 4.43. The molecule has 1 amide bonds. The molecule has 1 heterocycles. The number of amides is 1. The van der Waals surface area contributed by atoms with Crippen LogP contribution in [-0.2, 0) is 14.9 Å². The molecule has 0 spiro atoms. The number of methoxy groups -OCH3 is 1. The minimum absolute atomic E-state index is 0.285. The molecule has 1 rings (SSSR count). The van der Waals surface area contributed by atoms with E-state index in [-0.39, 0.29) is 5.92 Å². The highest BCUT2D eigenvalue weighted by atomic mass is 32.2. The van der Waals surface area contributed by atoms with E-state index in [9.17, 15) is 13.2 Å². The Morgan fingerprint density at radius 2 is 2.28 bits per heavy atom. The summed E-state index contributed by atoms with van der Waals surface area (Å²) >= 11 is 0. The Labute approximate surface area is 108 Å². The zero-order valence-corrected chi connectivity index (χ0v) is 11.6. The second-order valence-corrected chi connectivity index (χ2v) is 5.93. The van der Waals surface area contributed by atoms with Crippen LogP contribution in [0.15, 0.2) is 0 Å². The number of piperidine rings is 1. The topological polar surface area (TPSA) is 87.7 Å². The van der Waals surface area contributed by atoms with Gasteiger partial charge in [-0.1, -0.05) is 6.92 Å². The van der Waals surface area contributed by atoms with Crippen molar-refractivity contribution < 1.29 is 17.9 Å². The lowest BCUT2D eigenvalue weighted by Gasteiger charge is -2.28. The van der Waals surface area contributed by atoms with Crippen molar-refractivity contribution in [1.29, 1.82) is 0 Å². The van der Waals surface area contributed by atoms with E-state index in [0.717, 1.165) is 33.0 Å². The number of rotatable bonds is 5. The Kier molecular flexibility index (Phi) is 5.83. The summed E-state index contributed by atoms with van der Waals surface area (Å²) in [7, 11) is -2.67. The predicted octanol–water partition coefficient (Wildman–Crippen LogP) is -0.0913. The normalized spacial score (nSPS) is 20.7. The molecule has 1 atom stereocenters. The first-order chi connectivity index (χ1) is 8.49. The highest BCUT2D eigenvalue weighted by Gasteiger charge is 2.26. The van der Waals surface area contributed by atoms with E-state index in [4.69, 9.17) is 0 Å². The van der Waals surface area contributed by atoms with E-state index >= 15 is 0 Å². The van der Waals surface area contributed by atoms with Gasteiger partial charge in [-0.2, -0.15) is 12.7 Å². The first kappa shape index (κ1) is 15.2. The van der Waals surface area contributed by atoms with Crippen LogP contribution >= 0.6 is 0 Å². The van der Waals surface area contributed by atoms with Gasteiger partial charge in [0.1, 0.15) is 0 Å². The molecule has 7 nitrogen and oxygen atoms in total. The number of nitrogens with zero attached hydrogens (tertiary/aromatic N) is 1. The SMILES string of the molecule is CCN(CC1CCCNC1)S(=O)(=O)NC(=O)OC. The van der Waals surface area contributed by atoms with Crippen molar-refractivity contribution in [3.63, 3.8) is 0 Å². The van der Waals surface area contributed by atoms with Crippen molar-refractivity contribution in [2.45, 2.75) is 19.8 Å². The fourth-order valence-corrected chi connectivity index (χ4v) is 3.15. The van der Waals surface area contributed by atoms with Gasteiger partial charge in [-0.05, 0) is 31.8 Å². The lowest BCUT2D eigenvalue weighted by atomic mass is 10.00. The molecule has 0 aromatic heterocycles. The van der Waals surface area contributed by atoms with Crippen LogP contribution in [0.4, 0.5) is 4.79 Å². The van der Waals surface area contributed by atoms with Crippen molar-refractivity contribution in [1.82, 2.24) is 14.3 Å². The molecule has 1 fully saturated rings. The average molecular weight is 279 g/mol. The molecule has 18 heavy (non-hydrogen) atoms. The van der Waals surface area contributed by atoms with Crippen molar-refractivity contribution in [2.75, 3.05) is 33.3 Å². The quantitative estimate of drug-likeness (QED) is 0.734. The van der Waals surface area contributed by atoms with Crippen LogP contribution in [0, 0.1) is 5.92 Å². The first-order valence-corrected chi connectivity index (χ1v) is 7.50. The molecule has 1 aliphatic heterocycles. The maximum atomic E-state index is 11.9. The zero-order valence-electron chi connectivity index (χ0n) is 10.8. The fraction of sp³-hybridized carbons (Fsp3) is 0.900. The standard InChI is InChI=1S/C10H21N3O4S/c1-3-13(8-9-5-4-6-11-7-9)18(15,16)12-10(14)17-2/h9,11H,3-8H2,1-2H3,(H,12,14). The Morgan fingerprint density at radius 1 is 1.56 bits per heavy atom. The van der Waals surface area contributed by atoms with E-state index in [1.807, 2.05) is 4.72 Å². The minimum Gasteiger partial charge on any atom is -0.452 e. The molecule has 0 bridgehead atoms. The minimum atomic E-state index is -3.80. The maximum absolute atomic E-state index is 11.9. The molecule has 2 N–H and O–H groups in total. The van der Waals surface area contributed by atoms with Gasteiger partial charge in [-0.25, -0.2) is 9.52 Å². The van der Waals surface area contributed by atoms with Crippen LogP contribution < -0.4 is 10.0 Å². The molecule has 0 saturated carbocycles. The van der Waals surface area contributed by atoms with Crippen LogP contribution in [0.1, 0.15) is 19.8 Å². The molecule has 0 aliphatic carbocycles. The van der Waals surface area contributed by atoms with Crippen molar-refractivity contribution in [3.8, 4) is 0 Å². The van der Waals surface area contributed by atoms with Crippen LogP contribution in [0.25, 0.3) is 0 Å². The van der Waals surface area contributed by atoms with Gasteiger partial charge in [0.15, 0.2) is 0 Å². The third-order valence-corrected chi connectivity index (χ3v) is 4.46. The van der Waals surface area contributed by atoms with E-state index < -0.39 is 16.3 Å². The zero-order chi connectivity index (χ0) is 13.6. The van der Waals surface area contributed by atoms with Gasteiger partial charge < -0.3 is 10.1 Å². The van der Waals surface area contributed by atoms with Crippen molar-refractivity contribution >= 4 is 16.3 Å². The van der Waals surface area contributed by atoms with Crippen LogP contribution in [0.3, 0.4) is 0 Å². The van der Waals surface area contributed by atoms with Crippen LogP contribution in [0.5, 0.6) is 0 Å². The molecule has 1 saturated heterocycles. The highest BCUT2D eigenvalue weighted by Crippen LogP contribution is 2.13. The molecule has 8 heteroatoms. The van der Waals surface area contributed by atoms with E-state index in [0.29, 0.717) is 13.1 Å². The lowest BCUT2D eigenvalue weighted by molar-refractivity contribution is 0.176. The number of hydrogen-bond donors (Lipinski definition) is 2. The van der Waals surface area contributed by atoms with Gasteiger partial charge in [0.05, 0.1) is 7.11 Å². The van der Waals surface area contributed by atoms with Gasteiger partial charge in [-0.3, -0.25) is 0 Å². The summed E-state index contributed by atoms with van der Waals surface area (Å²) < 4.78 is 31.2. The van der Waals surface area contributed by atoms with Crippen LogP contribution in [0.2, 0.25) is 0 Å². The Bertz CT molecular complexity index is 365. The highest BCUT2D eigenvalue weighted by molar-refractivity contribution is 7.87. The second kappa shape index (κ2) is 6.91. The Hall–Kier alpha value is -0.860. The molecule has 1 unspecified atom stereocenters. The predicted molar refractivity (Wildman–Crippen MR) is 67.3 cm³/mol. The smallest absolute Gasteiger partial charge is 0.421 e. The van der Waals surface area contributed by atoms with Crippen LogP contribution in [-0.4, -0.2) is 52.1 Å². The fourth-order valence-electron chi connectivity index (χ4n) is 1.98. The summed E-state index contributed by atoms with van der Waals surface area (Å²) in [6, 6.07) is 0. The summed E-state index contributed by atoms with van der Waals surface area (Å²) in [6.07, 6.45) is 1.08. The van der Waals surface area contributed by atoms with E-state index in [1.54, 1.807) is 6.92 Å². The molecule has 0 aromatic rings.